The first-order chi connectivity index (χ1) is 8.99. The summed E-state index contributed by atoms with van der Waals surface area (Å²) in [6, 6.07) is 4.32. The number of primary amides is 1. The number of carbonyl (C=O) groups excluding carboxylic acids is 2. The molecule has 0 saturated heterocycles. The molecule has 7 nitrogen and oxygen atoms in total. The van der Waals surface area contributed by atoms with Crippen LogP contribution >= 0.6 is 0 Å². The standard InChI is InChI=1S/C12H12N4O3/c1-16-6-7(5-8(16)11(13)18)15-12(19)10-9(17)3-2-4-14-10/h2-6,17H,1H3,(H2,13,18)(H,15,19). The number of amides is 2. The number of anilines is 1. The van der Waals surface area contributed by atoms with Crippen molar-refractivity contribution in [2.45, 2.75) is 0 Å². The van der Waals surface area contributed by atoms with Crippen LogP contribution in [0, 0.1) is 0 Å². The molecular formula is C12H12N4O3. The van der Waals surface area contributed by atoms with Crippen LogP contribution in [0.3, 0.4) is 0 Å². The highest BCUT2D eigenvalue weighted by molar-refractivity contribution is 6.05. The first kappa shape index (κ1) is 12.6. The van der Waals surface area contributed by atoms with Crippen LogP contribution in [0.2, 0.25) is 0 Å². The van der Waals surface area contributed by atoms with Gasteiger partial charge in [0.25, 0.3) is 11.8 Å². The number of pyridine rings is 1. The van der Waals surface area contributed by atoms with Crippen LogP contribution in [0.5, 0.6) is 5.75 Å². The second-order valence-corrected chi connectivity index (χ2v) is 3.91. The number of hydrogen-bond acceptors (Lipinski definition) is 4. The predicted octanol–water partition coefficient (Wildman–Crippen LogP) is 0.477. The van der Waals surface area contributed by atoms with Gasteiger partial charge in [0.15, 0.2) is 5.69 Å². The van der Waals surface area contributed by atoms with E-state index in [4.69, 9.17) is 5.73 Å². The molecule has 0 radical (unpaired) electrons. The van der Waals surface area contributed by atoms with Crippen LogP contribution in [0.4, 0.5) is 5.69 Å². The first-order valence-corrected chi connectivity index (χ1v) is 5.40. The van der Waals surface area contributed by atoms with Crippen molar-refractivity contribution < 1.29 is 14.7 Å². The normalized spacial score (nSPS) is 10.2. The van der Waals surface area contributed by atoms with Gasteiger partial charge >= 0.3 is 0 Å². The van der Waals surface area contributed by atoms with Crippen molar-refractivity contribution in [3.63, 3.8) is 0 Å². The topological polar surface area (TPSA) is 110 Å². The molecule has 0 aliphatic heterocycles. The lowest BCUT2D eigenvalue weighted by atomic mass is 10.3. The van der Waals surface area contributed by atoms with E-state index in [1.165, 1.54) is 35.2 Å². The number of rotatable bonds is 3. The number of hydrogen-bond donors (Lipinski definition) is 3. The minimum Gasteiger partial charge on any atom is -0.505 e. The SMILES string of the molecule is Cn1cc(NC(=O)c2ncccc2O)cc1C(N)=O. The summed E-state index contributed by atoms with van der Waals surface area (Å²) >= 11 is 0. The summed E-state index contributed by atoms with van der Waals surface area (Å²) in [5, 5.41) is 12.0. The highest BCUT2D eigenvalue weighted by Gasteiger charge is 2.15. The van der Waals surface area contributed by atoms with Crippen molar-refractivity contribution in [1.82, 2.24) is 9.55 Å². The average Bonchev–Trinajstić information content (AvgIpc) is 2.70. The molecule has 7 heteroatoms. The van der Waals surface area contributed by atoms with Gasteiger partial charge in [0.2, 0.25) is 0 Å². The Hall–Kier alpha value is -2.83. The Bertz CT molecular complexity index is 648. The molecule has 0 aliphatic rings. The zero-order valence-electron chi connectivity index (χ0n) is 10.1. The van der Waals surface area contributed by atoms with Gasteiger partial charge in [0, 0.05) is 19.4 Å². The van der Waals surface area contributed by atoms with Crippen molar-refractivity contribution in [2.24, 2.45) is 12.8 Å². The van der Waals surface area contributed by atoms with Crippen molar-refractivity contribution >= 4 is 17.5 Å². The second kappa shape index (κ2) is 4.81. The summed E-state index contributed by atoms with van der Waals surface area (Å²) in [5.74, 6) is -1.38. The lowest BCUT2D eigenvalue weighted by Crippen LogP contribution is -2.14. The number of aromatic nitrogens is 2. The van der Waals surface area contributed by atoms with Crippen molar-refractivity contribution in [1.29, 1.82) is 0 Å². The van der Waals surface area contributed by atoms with E-state index in [1.54, 1.807) is 7.05 Å². The number of nitrogens with one attached hydrogen (secondary N) is 1. The number of carbonyl (C=O) groups is 2. The Morgan fingerprint density at radius 2 is 2.21 bits per heavy atom. The van der Waals surface area contributed by atoms with E-state index < -0.39 is 11.8 Å². The molecule has 2 rings (SSSR count). The van der Waals surface area contributed by atoms with Crippen molar-refractivity contribution in [2.75, 3.05) is 5.32 Å². The molecular weight excluding hydrogens is 248 g/mol. The fourth-order valence-corrected chi connectivity index (χ4v) is 1.64. The van der Waals surface area contributed by atoms with Gasteiger partial charge in [-0.15, -0.1) is 0 Å². The monoisotopic (exact) mass is 260 g/mol. The van der Waals surface area contributed by atoms with Gasteiger partial charge in [0.05, 0.1) is 5.69 Å². The maximum atomic E-state index is 11.9. The summed E-state index contributed by atoms with van der Waals surface area (Å²) in [7, 11) is 1.63. The maximum Gasteiger partial charge on any atom is 0.278 e. The quantitative estimate of drug-likeness (QED) is 0.745. The summed E-state index contributed by atoms with van der Waals surface area (Å²) < 4.78 is 1.50. The Morgan fingerprint density at radius 3 is 2.79 bits per heavy atom. The first-order valence-electron chi connectivity index (χ1n) is 5.40. The lowest BCUT2D eigenvalue weighted by Gasteiger charge is -2.03. The minimum absolute atomic E-state index is 0.0908. The predicted molar refractivity (Wildman–Crippen MR) is 67.8 cm³/mol. The number of aryl methyl sites for hydroxylation is 1. The third-order valence-electron chi connectivity index (χ3n) is 2.52. The lowest BCUT2D eigenvalue weighted by molar-refractivity contribution is 0.0989. The smallest absolute Gasteiger partial charge is 0.278 e. The molecule has 0 fully saturated rings. The van der Waals surface area contributed by atoms with Crippen LogP contribution in [0.25, 0.3) is 0 Å². The summed E-state index contributed by atoms with van der Waals surface area (Å²) in [6.07, 6.45) is 2.94. The number of aromatic hydroxyl groups is 1. The number of nitrogens with zero attached hydrogens (tertiary/aromatic N) is 2. The molecule has 0 aromatic carbocycles. The highest BCUT2D eigenvalue weighted by Crippen LogP contribution is 2.17. The molecule has 0 atom stereocenters. The molecule has 0 unspecified atom stereocenters. The van der Waals surface area contributed by atoms with E-state index in [0.29, 0.717) is 5.69 Å². The zero-order valence-corrected chi connectivity index (χ0v) is 10.1. The molecule has 2 aromatic rings. The molecule has 19 heavy (non-hydrogen) atoms. The van der Waals surface area contributed by atoms with Gasteiger partial charge in [0.1, 0.15) is 11.4 Å². The van der Waals surface area contributed by atoms with Gasteiger partial charge in [-0.1, -0.05) is 0 Å². The summed E-state index contributed by atoms with van der Waals surface area (Å²) in [5.41, 5.74) is 5.74. The molecule has 2 amide bonds. The molecule has 4 N–H and O–H groups in total. The summed E-state index contributed by atoms with van der Waals surface area (Å²) in [4.78, 5) is 26.7. The van der Waals surface area contributed by atoms with Crippen LogP contribution < -0.4 is 11.1 Å². The Kier molecular flexibility index (Phi) is 3.19. The molecule has 0 saturated carbocycles. The van der Waals surface area contributed by atoms with E-state index in [0.717, 1.165) is 0 Å². The molecule has 2 aromatic heterocycles. The van der Waals surface area contributed by atoms with E-state index in [2.05, 4.69) is 10.3 Å². The largest absolute Gasteiger partial charge is 0.505 e. The second-order valence-electron chi connectivity index (χ2n) is 3.91. The van der Waals surface area contributed by atoms with Gasteiger partial charge < -0.3 is 20.7 Å². The van der Waals surface area contributed by atoms with Gasteiger partial charge in [-0.2, -0.15) is 0 Å². The zero-order chi connectivity index (χ0) is 14.0. The average molecular weight is 260 g/mol. The third kappa shape index (κ3) is 2.54. The van der Waals surface area contributed by atoms with Crippen molar-refractivity contribution in [3.05, 3.63) is 42.0 Å². The molecule has 0 bridgehead atoms. The van der Waals surface area contributed by atoms with Crippen LogP contribution in [0.15, 0.2) is 30.6 Å². The van der Waals surface area contributed by atoms with E-state index in [9.17, 15) is 14.7 Å². The van der Waals surface area contributed by atoms with Crippen molar-refractivity contribution in [3.8, 4) is 5.75 Å². The Morgan fingerprint density at radius 1 is 1.47 bits per heavy atom. The van der Waals surface area contributed by atoms with Gasteiger partial charge in [-0.3, -0.25) is 9.59 Å². The maximum absolute atomic E-state index is 11.9. The fourth-order valence-electron chi connectivity index (χ4n) is 1.64. The Labute approximate surface area is 108 Å². The highest BCUT2D eigenvalue weighted by atomic mass is 16.3. The summed E-state index contributed by atoms with van der Waals surface area (Å²) in [6.45, 7) is 0. The third-order valence-corrected chi connectivity index (χ3v) is 2.52. The van der Waals surface area contributed by atoms with Crippen LogP contribution in [-0.4, -0.2) is 26.5 Å². The van der Waals surface area contributed by atoms with Crippen LogP contribution in [0.1, 0.15) is 21.0 Å². The van der Waals surface area contributed by atoms with E-state index in [-0.39, 0.29) is 17.1 Å². The number of nitrogens with two attached hydrogens (primary N) is 1. The molecule has 2 heterocycles. The van der Waals surface area contributed by atoms with E-state index >= 15 is 0 Å². The van der Waals surface area contributed by atoms with E-state index in [1.807, 2.05) is 0 Å². The van der Waals surface area contributed by atoms with Gasteiger partial charge in [-0.05, 0) is 18.2 Å². The molecule has 0 spiro atoms. The van der Waals surface area contributed by atoms with Crippen LogP contribution in [-0.2, 0) is 7.05 Å². The molecule has 0 aliphatic carbocycles. The minimum atomic E-state index is -0.594. The fraction of sp³-hybridized carbons (Fsp3) is 0.0833. The Balaban J connectivity index is 2.22. The van der Waals surface area contributed by atoms with Gasteiger partial charge in [-0.25, -0.2) is 4.98 Å². The molecule has 98 valence electrons.